The fraction of sp³-hybridized carbons (Fsp3) is 0.900. The van der Waals surface area contributed by atoms with E-state index < -0.39 is 26.2 Å². The van der Waals surface area contributed by atoms with Gasteiger partial charge in [-0.3, -0.25) is 0 Å². The predicted octanol–water partition coefficient (Wildman–Crippen LogP) is 2.11. The van der Waals surface area contributed by atoms with Crippen LogP contribution >= 0.6 is 10.7 Å². The minimum atomic E-state index is -3.58. The van der Waals surface area contributed by atoms with E-state index >= 15 is 0 Å². The molecule has 102 valence electrons. The molecule has 0 radical (unpaired) electrons. The van der Waals surface area contributed by atoms with Crippen LogP contribution in [0, 0.1) is 5.41 Å². The van der Waals surface area contributed by atoms with E-state index in [-0.39, 0.29) is 12.3 Å². The molecule has 0 aliphatic carbocycles. The molecular weight excluding hydrogens is 266 g/mol. The van der Waals surface area contributed by atoms with Gasteiger partial charge in [-0.1, -0.05) is 13.8 Å². The lowest BCUT2D eigenvalue weighted by molar-refractivity contribution is 0.0510. The van der Waals surface area contributed by atoms with Crippen molar-refractivity contribution in [1.29, 1.82) is 0 Å². The van der Waals surface area contributed by atoms with Gasteiger partial charge in [0.05, 0.1) is 5.75 Å². The Kier molecular flexibility index (Phi) is 5.28. The van der Waals surface area contributed by atoms with Gasteiger partial charge in [-0.15, -0.1) is 0 Å². The molecule has 0 heterocycles. The summed E-state index contributed by atoms with van der Waals surface area (Å²) in [6, 6.07) is 0. The van der Waals surface area contributed by atoms with Crippen molar-refractivity contribution in [2.24, 2.45) is 5.41 Å². The molecule has 7 heteroatoms. The summed E-state index contributed by atoms with van der Waals surface area (Å²) in [7, 11) is 1.58. The second-order valence-electron chi connectivity index (χ2n) is 5.70. The van der Waals surface area contributed by atoms with Crippen LogP contribution in [0.2, 0.25) is 0 Å². The number of halogens is 1. The van der Waals surface area contributed by atoms with E-state index in [0.717, 1.165) is 0 Å². The molecule has 0 saturated carbocycles. The van der Waals surface area contributed by atoms with Gasteiger partial charge in [0.2, 0.25) is 9.05 Å². The standard InChI is InChI=1S/C10H20ClNO4S/c1-9(2,3)16-8(13)12-6-10(4,5)7-17(11,14)15/h6-7H2,1-5H3,(H,12,13). The monoisotopic (exact) mass is 285 g/mol. The Morgan fingerprint density at radius 3 is 2.06 bits per heavy atom. The lowest BCUT2D eigenvalue weighted by atomic mass is 9.97. The Bertz CT molecular complexity index is 370. The zero-order valence-corrected chi connectivity index (χ0v) is 12.4. The molecule has 0 atom stereocenters. The summed E-state index contributed by atoms with van der Waals surface area (Å²) < 4.78 is 26.9. The maximum absolute atomic E-state index is 11.4. The highest BCUT2D eigenvalue weighted by Crippen LogP contribution is 2.19. The highest BCUT2D eigenvalue weighted by molar-refractivity contribution is 8.13. The minimum Gasteiger partial charge on any atom is -0.444 e. The lowest BCUT2D eigenvalue weighted by Crippen LogP contribution is -2.40. The summed E-state index contributed by atoms with van der Waals surface area (Å²) in [5.41, 5.74) is -1.22. The van der Waals surface area contributed by atoms with Crippen LogP contribution in [0.25, 0.3) is 0 Å². The van der Waals surface area contributed by atoms with Crippen molar-refractivity contribution >= 4 is 25.8 Å². The highest BCUT2D eigenvalue weighted by Gasteiger charge is 2.26. The van der Waals surface area contributed by atoms with E-state index in [1.165, 1.54) is 0 Å². The van der Waals surface area contributed by atoms with Gasteiger partial charge >= 0.3 is 6.09 Å². The first-order valence-electron chi connectivity index (χ1n) is 5.20. The van der Waals surface area contributed by atoms with Crippen LogP contribution in [0.3, 0.4) is 0 Å². The average Bonchev–Trinajstić information content (AvgIpc) is 1.92. The molecule has 0 aliphatic heterocycles. The molecule has 0 bridgehead atoms. The number of amides is 1. The number of ether oxygens (including phenoxy) is 1. The first-order chi connectivity index (χ1) is 7.31. The van der Waals surface area contributed by atoms with Crippen molar-refractivity contribution in [2.75, 3.05) is 12.3 Å². The van der Waals surface area contributed by atoms with E-state index in [0.29, 0.717) is 0 Å². The topological polar surface area (TPSA) is 72.5 Å². The summed E-state index contributed by atoms with van der Waals surface area (Å²) in [6.45, 7) is 8.82. The maximum atomic E-state index is 11.4. The molecule has 0 fully saturated rings. The third kappa shape index (κ3) is 10.4. The van der Waals surface area contributed by atoms with Crippen molar-refractivity contribution in [3.8, 4) is 0 Å². The Morgan fingerprint density at radius 2 is 1.71 bits per heavy atom. The zero-order valence-electron chi connectivity index (χ0n) is 10.8. The Balaban J connectivity index is 4.24. The Hall–Kier alpha value is -0.490. The van der Waals surface area contributed by atoms with Crippen molar-refractivity contribution in [3.63, 3.8) is 0 Å². The lowest BCUT2D eigenvalue weighted by Gasteiger charge is -2.25. The van der Waals surface area contributed by atoms with Crippen molar-refractivity contribution < 1.29 is 17.9 Å². The van der Waals surface area contributed by atoms with Crippen molar-refractivity contribution in [3.05, 3.63) is 0 Å². The molecule has 0 aromatic rings. The van der Waals surface area contributed by atoms with E-state index in [1.807, 2.05) is 0 Å². The molecule has 0 aromatic heterocycles. The SMILES string of the molecule is CC(C)(CNC(=O)OC(C)(C)C)CS(=O)(=O)Cl. The fourth-order valence-corrected chi connectivity index (χ4v) is 3.06. The van der Waals surface area contributed by atoms with E-state index in [1.54, 1.807) is 34.6 Å². The number of carbonyl (C=O) groups is 1. The van der Waals surface area contributed by atoms with Crippen LogP contribution < -0.4 is 5.32 Å². The fourth-order valence-electron chi connectivity index (χ4n) is 1.14. The molecule has 0 aliphatic rings. The Labute approximate surface area is 107 Å². The molecule has 0 saturated heterocycles. The molecule has 17 heavy (non-hydrogen) atoms. The summed E-state index contributed by atoms with van der Waals surface area (Å²) in [5, 5.41) is 2.52. The van der Waals surface area contributed by atoms with Gasteiger partial charge in [-0.25, -0.2) is 13.2 Å². The number of hydrogen-bond acceptors (Lipinski definition) is 4. The zero-order chi connectivity index (χ0) is 13.9. The van der Waals surface area contributed by atoms with Crippen LogP contribution in [0.1, 0.15) is 34.6 Å². The number of carbonyl (C=O) groups excluding carboxylic acids is 1. The van der Waals surface area contributed by atoms with E-state index in [9.17, 15) is 13.2 Å². The number of nitrogens with one attached hydrogen (secondary N) is 1. The first-order valence-corrected chi connectivity index (χ1v) is 7.68. The molecule has 0 unspecified atom stereocenters. The van der Waals surface area contributed by atoms with Gasteiger partial charge in [-0.05, 0) is 26.2 Å². The van der Waals surface area contributed by atoms with Crippen LogP contribution in [0.5, 0.6) is 0 Å². The highest BCUT2D eigenvalue weighted by atomic mass is 35.7. The molecule has 1 amide bonds. The predicted molar refractivity (Wildman–Crippen MR) is 67.7 cm³/mol. The second kappa shape index (κ2) is 5.44. The Morgan fingerprint density at radius 1 is 1.24 bits per heavy atom. The maximum Gasteiger partial charge on any atom is 0.407 e. The van der Waals surface area contributed by atoms with Crippen molar-refractivity contribution in [1.82, 2.24) is 5.32 Å². The van der Waals surface area contributed by atoms with E-state index in [4.69, 9.17) is 15.4 Å². The number of rotatable bonds is 4. The number of hydrogen-bond donors (Lipinski definition) is 1. The van der Waals surface area contributed by atoms with Crippen LogP contribution in [-0.2, 0) is 13.8 Å². The third-order valence-electron chi connectivity index (χ3n) is 1.67. The molecule has 0 spiro atoms. The summed E-state index contributed by atoms with van der Waals surface area (Å²) in [5.74, 6) is -0.211. The minimum absolute atomic E-state index is 0.174. The van der Waals surface area contributed by atoms with E-state index in [2.05, 4.69) is 5.32 Å². The molecule has 0 aromatic carbocycles. The molecule has 1 N–H and O–H groups in total. The van der Waals surface area contributed by atoms with Gasteiger partial charge in [-0.2, -0.15) is 0 Å². The van der Waals surface area contributed by atoms with Gasteiger partial charge in [0.15, 0.2) is 0 Å². The quantitative estimate of drug-likeness (QED) is 0.803. The average molecular weight is 286 g/mol. The van der Waals surface area contributed by atoms with Crippen LogP contribution in [-0.4, -0.2) is 32.4 Å². The largest absolute Gasteiger partial charge is 0.444 e. The van der Waals surface area contributed by atoms with Crippen LogP contribution in [0.15, 0.2) is 0 Å². The van der Waals surface area contributed by atoms with Gasteiger partial charge in [0.25, 0.3) is 0 Å². The first kappa shape index (κ1) is 16.5. The smallest absolute Gasteiger partial charge is 0.407 e. The number of alkyl carbamates (subject to hydrolysis) is 1. The second-order valence-corrected chi connectivity index (χ2v) is 8.48. The van der Waals surface area contributed by atoms with Gasteiger partial charge in [0, 0.05) is 17.2 Å². The van der Waals surface area contributed by atoms with Gasteiger partial charge in [0.1, 0.15) is 5.60 Å². The molecule has 5 nitrogen and oxygen atoms in total. The summed E-state index contributed by atoms with van der Waals surface area (Å²) in [4.78, 5) is 11.4. The van der Waals surface area contributed by atoms with Crippen molar-refractivity contribution in [2.45, 2.75) is 40.2 Å². The molecule has 0 rings (SSSR count). The summed E-state index contributed by atoms with van der Waals surface area (Å²) >= 11 is 0. The normalized spacial score (nSPS) is 13.3. The van der Waals surface area contributed by atoms with Gasteiger partial charge < -0.3 is 10.1 Å². The van der Waals surface area contributed by atoms with Crippen LogP contribution in [0.4, 0.5) is 4.79 Å². The third-order valence-corrected chi connectivity index (χ3v) is 3.13. The summed E-state index contributed by atoms with van der Waals surface area (Å²) in [6.07, 6.45) is -0.572. The molecular formula is C10H20ClNO4S.